The van der Waals surface area contributed by atoms with E-state index in [4.69, 9.17) is 0 Å². The second kappa shape index (κ2) is 8.81. The zero-order valence-corrected chi connectivity index (χ0v) is 16.0. The van der Waals surface area contributed by atoms with E-state index in [1.54, 1.807) is 12.1 Å². The van der Waals surface area contributed by atoms with E-state index in [1.807, 2.05) is 49.1 Å². The first-order valence-corrected chi connectivity index (χ1v) is 9.65. The Labute approximate surface area is 162 Å². The number of nitrogens with one attached hydrogen (secondary N) is 1. The number of rotatable bonds is 5. The second-order valence-corrected chi connectivity index (χ2v) is 7.24. The molecular weight excluding hydrogens is 363 g/mol. The SMILES string of the molecule is CC(C)NC(=O)CSC1=NC(c2ccccc2)=NCN1c1ccc(F)cc1. The van der Waals surface area contributed by atoms with Gasteiger partial charge in [-0.15, -0.1) is 0 Å². The van der Waals surface area contributed by atoms with Crippen LogP contribution in [0.4, 0.5) is 10.1 Å². The third-order valence-electron chi connectivity index (χ3n) is 3.75. The molecule has 0 aliphatic carbocycles. The zero-order valence-electron chi connectivity index (χ0n) is 15.2. The molecule has 0 saturated carbocycles. The predicted octanol–water partition coefficient (Wildman–Crippen LogP) is 3.66. The van der Waals surface area contributed by atoms with Crippen LogP contribution in [-0.2, 0) is 4.79 Å². The molecule has 0 atom stereocenters. The maximum Gasteiger partial charge on any atom is 0.230 e. The normalized spacial score (nSPS) is 14.0. The maximum absolute atomic E-state index is 13.3. The van der Waals surface area contributed by atoms with Crippen LogP contribution in [0.5, 0.6) is 0 Å². The summed E-state index contributed by atoms with van der Waals surface area (Å²) in [6, 6.07) is 16.0. The molecule has 1 amide bonds. The zero-order chi connectivity index (χ0) is 19.2. The van der Waals surface area contributed by atoms with Crippen molar-refractivity contribution in [2.45, 2.75) is 19.9 Å². The van der Waals surface area contributed by atoms with Crippen LogP contribution < -0.4 is 10.2 Å². The van der Waals surface area contributed by atoms with Gasteiger partial charge in [0, 0.05) is 17.3 Å². The van der Waals surface area contributed by atoms with E-state index in [0.717, 1.165) is 11.3 Å². The van der Waals surface area contributed by atoms with Crippen LogP contribution in [-0.4, -0.2) is 35.4 Å². The number of hydrogen-bond donors (Lipinski definition) is 1. The summed E-state index contributed by atoms with van der Waals surface area (Å²) in [6.45, 7) is 4.20. The van der Waals surface area contributed by atoms with E-state index < -0.39 is 0 Å². The second-order valence-electron chi connectivity index (χ2n) is 6.30. The monoisotopic (exact) mass is 384 g/mol. The van der Waals surface area contributed by atoms with Gasteiger partial charge in [-0.25, -0.2) is 14.4 Å². The van der Waals surface area contributed by atoms with Gasteiger partial charge in [-0.1, -0.05) is 42.1 Å². The van der Waals surface area contributed by atoms with Gasteiger partial charge in [-0.05, 0) is 38.1 Å². The lowest BCUT2D eigenvalue weighted by atomic mass is 10.2. The number of anilines is 1. The van der Waals surface area contributed by atoms with Crippen molar-refractivity contribution in [2.75, 3.05) is 17.3 Å². The minimum Gasteiger partial charge on any atom is -0.353 e. The average molecular weight is 384 g/mol. The van der Waals surface area contributed by atoms with Gasteiger partial charge in [0.2, 0.25) is 5.91 Å². The number of carbonyl (C=O) groups excluding carboxylic acids is 1. The summed E-state index contributed by atoms with van der Waals surface area (Å²) < 4.78 is 13.3. The fourth-order valence-electron chi connectivity index (χ4n) is 2.54. The van der Waals surface area contributed by atoms with Crippen LogP contribution in [0.25, 0.3) is 0 Å². The molecule has 27 heavy (non-hydrogen) atoms. The predicted molar refractivity (Wildman–Crippen MR) is 110 cm³/mol. The van der Waals surface area contributed by atoms with Crippen molar-refractivity contribution >= 4 is 34.4 Å². The van der Waals surface area contributed by atoms with E-state index in [2.05, 4.69) is 15.3 Å². The fourth-order valence-corrected chi connectivity index (χ4v) is 3.36. The van der Waals surface area contributed by atoms with Gasteiger partial charge < -0.3 is 10.2 Å². The molecule has 0 fully saturated rings. The highest BCUT2D eigenvalue weighted by molar-refractivity contribution is 8.14. The lowest BCUT2D eigenvalue weighted by Gasteiger charge is -2.27. The van der Waals surface area contributed by atoms with Crippen molar-refractivity contribution in [2.24, 2.45) is 9.98 Å². The molecule has 0 spiro atoms. The lowest BCUT2D eigenvalue weighted by molar-refractivity contribution is -0.119. The first kappa shape index (κ1) is 19.1. The highest BCUT2D eigenvalue weighted by Gasteiger charge is 2.21. The molecule has 0 unspecified atom stereocenters. The van der Waals surface area contributed by atoms with Gasteiger partial charge in [0.15, 0.2) is 11.0 Å². The summed E-state index contributed by atoms with van der Waals surface area (Å²) in [4.78, 5) is 23.1. The van der Waals surface area contributed by atoms with Crippen molar-refractivity contribution in [3.63, 3.8) is 0 Å². The highest BCUT2D eigenvalue weighted by atomic mass is 32.2. The molecule has 1 aliphatic heterocycles. The van der Waals surface area contributed by atoms with E-state index in [-0.39, 0.29) is 23.5 Å². The summed E-state index contributed by atoms with van der Waals surface area (Å²) in [5, 5.41) is 3.54. The Balaban J connectivity index is 1.83. The first-order valence-electron chi connectivity index (χ1n) is 8.67. The van der Waals surface area contributed by atoms with Crippen molar-refractivity contribution in [1.82, 2.24) is 5.32 Å². The molecule has 2 aromatic rings. The minimum absolute atomic E-state index is 0.0551. The maximum atomic E-state index is 13.3. The molecule has 3 rings (SSSR count). The van der Waals surface area contributed by atoms with Crippen LogP contribution in [0.1, 0.15) is 19.4 Å². The molecule has 7 heteroatoms. The number of aliphatic imine (C=N–C) groups is 2. The number of amidine groups is 2. The Kier molecular flexibility index (Phi) is 6.24. The number of nitrogens with zero attached hydrogens (tertiary/aromatic N) is 3. The number of hydrogen-bond acceptors (Lipinski definition) is 5. The smallest absolute Gasteiger partial charge is 0.230 e. The first-order chi connectivity index (χ1) is 13.0. The van der Waals surface area contributed by atoms with Crippen LogP contribution in [0, 0.1) is 5.82 Å². The molecule has 1 heterocycles. The number of benzene rings is 2. The van der Waals surface area contributed by atoms with Crippen molar-refractivity contribution < 1.29 is 9.18 Å². The number of halogens is 1. The summed E-state index contributed by atoms with van der Waals surface area (Å²) in [6.07, 6.45) is 0. The summed E-state index contributed by atoms with van der Waals surface area (Å²) >= 11 is 1.34. The molecule has 0 aromatic heterocycles. The summed E-state index contributed by atoms with van der Waals surface area (Å²) in [5.74, 6) is 0.518. The standard InChI is InChI=1S/C20H21FN4OS/c1-14(2)23-18(26)12-27-20-24-19(15-6-4-3-5-7-15)22-13-25(20)17-10-8-16(21)9-11-17/h3-11,14H,12-13H2,1-2H3,(H,23,26). The fraction of sp³-hybridized carbons (Fsp3) is 0.250. The van der Waals surface area contributed by atoms with Crippen molar-refractivity contribution in [3.8, 4) is 0 Å². The van der Waals surface area contributed by atoms with E-state index in [0.29, 0.717) is 17.7 Å². The molecule has 0 saturated heterocycles. The molecule has 5 nitrogen and oxygen atoms in total. The molecule has 1 aliphatic rings. The number of thioether (sulfide) groups is 1. The molecule has 0 radical (unpaired) electrons. The van der Waals surface area contributed by atoms with Crippen molar-refractivity contribution in [1.29, 1.82) is 0 Å². The molecule has 0 bridgehead atoms. The van der Waals surface area contributed by atoms with Gasteiger partial charge in [0.25, 0.3) is 0 Å². The Hall–Kier alpha value is -2.67. The van der Waals surface area contributed by atoms with Gasteiger partial charge >= 0.3 is 0 Å². The number of amides is 1. The van der Waals surface area contributed by atoms with E-state index in [1.165, 1.54) is 23.9 Å². The lowest BCUT2D eigenvalue weighted by Crippen LogP contribution is -2.36. The molecule has 1 N–H and O–H groups in total. The molecular formula is C20H21FN4OS. The van der Waals surface area contributed by atoms with Gasteiger partial charge in [0.05, 0.1) is 5.75 Å². The molecule has 140 valence electrons. The topological polar surface area (TPSA) is 57.1 Å². The summed E-state index contributed by atoms with van der Waals surface area (Å²) in [5.41, 5.74) is 1.70. The van der Waals surface area contributed by atoms with E-state index in [9.17, 15) is 9.18 Å². The quantitative estimate of drug-likeness (QED) is 0.856. The van der Waals surface area contributed by atoms with Crippen LogP contribution in [0.2, 0.25) is 0 Å². The van der Waals surface area contributed by atoms with Crippen LogP contribution >= 0.6 is 11.8 Å². The minimum atomic E-state index is -0.299. The van der Waals surface area contributed by atoms with Gasteiger partial charge in [0.1, 0.15) is 12.5 Å². The third-order valence-corrected chi connectivity index (χ3v) is 4.72. The van der Waals surface area contributed by atoms with Crippen LogP contribution in [0.15, 0.2) is 64.6 Å². The van der Waals surface area contributed by atoms with Gasteiger partial charge in [-0.2, -0.15) is 0 Å². The molecule has 2 aromatic carbocycles. The van der Waals surface area contributed by atoms with Crippen LogP contribution in [0.3, 0.4) is 0 Å². The van der Waals surface area contributed by atoms with Crippen molar-refractivity contribution in [3.05, 3.63) is 66.0 Å². The Morgan fingerprint density at radius 3 is 2.56 bits per heavy atom. The highest BCUT2D eigenvalue weighted by Crippen LogP contribution is 2.23. The Bertz CT molecular complexity index is 850. The van der Waals surface area contributed by atoms with E-state index >= 15 is 0 Å². The Morgan fingerprint density at radius 2 is 1.89 bits per heavy atom. The average Bonchev–Trinajstić information content (AvgIpc) is 2.67. The largest absolute Gasteiger partial charge is 0.353 e. The third kappa shape index (κ3) is 5.17. The number of carbonyl (C=O) groups is 1. The van der Waals surface area contributed by atoms with Gasteiger partial charge in [-0.3, -0.25) is 4.79 Å². The summed E-state index contributed by atoms with van der Waals surface area (Å²) in [7, 11) is 0. The Morgan fingerprint density at radius 1 is 1.19 bits per heavy atom.